The fraction of sp³-hybridized carbons (Fsp3) is 0.538. The van der Waals surface area contributed by atoms with E-state index < -0.39 is 15.8 Å². The highest BCUT2D eigenvalue weighted by Gasteiger charge is 2.25. The molecular formula is C13H19FN2O3S. The maximum absolute atomic E-state index is 13.1. The quantitative estimate of drug-likeness (QED) is 0.826. The Morgan fingerprint density at radius 2 is 2.05 bits per heavy atom. The molecule has 7 heteroatoms. The van der Waals surface area contributed by atoms with E-state index >= 15 is 0 Å². The first kappa shape index (κ1) is 15.2. The SMILES string of the molecule is CC(NS(=O)(=O)c1ccc(F)c(N)c1)C1CCOCC1. The number of ether oxygens (including phenoxy) is 1. The van der Waals surface area contributed by atoms with Crippen LogP contribution in [-0.4, -0.2) is 27.7 Å². The Kier molecular flexibility index (Phi) is 4.62. The molecule has 1 aromatic rings. The highest BCUT2D eigenvalue weighted by Crippen LogP contribution is 2.21. The lowest BCUT2D eigenvalue weighted by Crippen LogP contribution is -2.40. The molecule has 0 aromatic heterocycles. The largest absolute Gasteiger partial charge is 0.396 e. The molecule has 0 bridgehead atoms. The number of anilines is 1. The number of rotatable bonds is 4. The Hall–Kier alpha value is -1.18. The van der Waals surface area contributed by atoms with Crippen molar-refractivity contribution in [2.75, 3.05) is 18.9 Å². The third kappa shape index (κ3) is 3.47. The van der Waals surface area contributed by atoms with Crippen LogP contribution < -0.4 is 10.5 Å². The molecule has 20 heavy (non-hydrogen) atoms. The number of nitrogens with two attached hydrogens (primary N) is 1. The molecule has 2 rings (SSSR count). The van der Waals surface area contributed by atoms with Crippen molar-refractivity contribution in [1.29, 1.82) is 0 Å². The first-order valence-corrected chi connectivity index (χ1v) is 8.03. The first-order valence-electron chi connectivity index (χ1n) is 6.55. The Labute approximate surface area is 118 Å². The van der Waals surface area contributed by atoms with Gasteiger partial charge in [0, 0.05) is 19.3 Å². The van der Waals surface area contributed by atoms with Gasteiger partial charge in [0.1, 0.15) is 5.82 Å². The fourth-order valence-corrected chi connectivity index (χ4v) is 3.66. The zero-order valence-electron chi connectivity index (χ0n) is 11.3. The average molecular weight is 302 g/mol. The van der Waals surface area contributed by atoms with Crippen LogP contribution in [0.15, 0.2) is 23.1 Å². The van der Waals surface area contributed by atoms with Gasteiger partial charge in [0.15, 0.2) is 0 Å². The van der Waals surface area contributed by atoms with Crippen molar-refractivity contribution >= 4 is 15.7 Å². The smallest absolute Gasteiger partial charge is 0.240 e. The van der Waals surface area contributed by atoms with Crippen molar-refractivity contribution in [2.24, 2.45) is 5.92 Å². The van der Waals surface area contributed by atoms with Crippen molar-refractivity contribution in [3.8, 4) is 0 Å². The Bertz CT molecular complexity index is 571. The van der Waals surface area contributed by atoms with Crippen LogP contribution in [0, 0.1) is 11.7 Å². The molecule has 1 saturated heterocycles. The highest BCUT2D eigenvalue weighted by molar-refractivity contribution is 7.89. The van der Waals surface area contributed by atoms with E-state index in [4.69, 9.17) is 10.5 Å². The highest BCUT2D eigenvalue weighted by atomic mass is 32.2. The molecule has 1 heterocycles. The van der Waals surface area contributed by atoms with E-state index in [1.807, 2.05) is 6.92 Å². The Morgan fingerprint density at radius 3 is 2.65 bits per heavy atom. The lowest BCUT2D eigenvalue weighted by molar-refractivity contribution is 0.0585. The maximum Gasteiger partial charge on any atom is 0.240 e. The van der Waals surface area contributed by atoms with Crippen LogP contribution in [0.1, 0.15) is 19.8 Å². The van der Waals surface area contributed by atoms with Crippen LogP contribution in [-0.2, 0) is 14.8 Å². The summed E-state index contributed by atoms with van der Waals surface area (Å²) in [6.07, 6.45) is 1.66. The molecule has 1 fully saturated rings. The van der Waals surface area contributed by atoms with Gasteiger partial charge in [0.05, 0.1) is 10.6 Å². The van der Waals surface area contributed by atoms with Crippen molar-refractivity contribution in [3.63, 3.8) is 0 Å². The van der Waals surface area contributed by atoms with E-state index in [9.17, 15) is 12.8 Å². The molecule has 5 nitrogen and oxygen atoms in total. The van der Waals surface area contributed by atoms with E-state index in [-0.39, 0.29) is 22.5 Å². The van der Waals surface area contributed by atoms with Gasteiger partial charge in [0.2, 0.25) is 10.0 Å². The molecule has 1 aliphatic heterocycles. The van der Waals surface area contributed by atoms with Crippen LogP contribution in [0.3, 0.4) is 0 Å². The topological polar surface area (TPSA) is 81.4 Å². The van der Waals surface area contributed by atoms with Crippen LogP contribution in [0.5, 0.6) is 0 Å². The third-order valence-corrected chi connectivity index (χ3v) is 5.15. The van der Waals surface area contributed by atoms with Crippen LogP contribution in [0.4, 0.5) is 10.1 Å². The third-order valence-electron chi connectivity index (χ3n) is 3.59. The molecule has 0 radical (unpaired) electrons. The fourth-order valence-electron chi connectivity index (χ4n) is 2.31. The molecule has 0 saturated carbocycles. The number of nitrogen functional groups attached to an aromatic ring is 1. The average Bonchev–Trinajstić information content (AvgIpc) is 2.42. The number of hydrogen-bond donors (Lipinski definition) is 2. The minimum absolute atomic E-state index is 0.0182. The van der Waals surface area contributed by atoms with Crippen molar-refractivity contribution in [3.05, 3.63) is 24.0 Å². The predicted molar refractivity (Wildman–Crippen MR) is 74.1 cm³/mol. The zero-order chi connectivity index (χ0) is 14.8. The first-order chi connectivity index (χ1) is 9.40. The molecular weight excluding hydrogens is 283 g/mol. The number of nitrogens with one attached hydrogen (secondary N) is 1. The minimum atomic E-state index is -3.69. The van der Waals surface area contributed by atoms with E-state index in [0.717, 1.165) is 25.0 Å². The summed E-state index contributed by atoms with van der Waals surface area (Å²) in [4.78, 5) is -0.0182. The summed E-state index contributed by atoms with van der Waals surface area (Å²) >= 11 is 0. The van der Waals surface area contributed by atoms with E-state index in [0.29, 0.717) is 13.2 Å². The molecule has 112 valence electrons. The van der Waals surface area contributed by atoms with Crippen molar-refractivity contribution in [2.45, 2.75) is 30.7 Å². The molecule has 0 aliphatic carbocycles. The molecule has 0 amide bonds. The molecule has 1 aromatic carbocycles. The van der Waals surface area contributed by atoms with Crippen molar-refractivity contribution in [1.82, 2.24) is 4.72 Å². The number of sulfonamides is 1. The molecule has 0 spiro atoms. The van der Waals surface area contributed by atoms with Gasteiger partial charge in [-0.15, -0.1) is 0 Å². The van der Waals surface area contributed by atoms with Crippen LogP contribution in [0.2, 0.25) is 0 Å². The van der Waals surface area contributed by atoms with Gasteiger partial charge < -0.3 is 10.5 Å². The second kappa shape index (κ2) is 6.07. The van der Waals surface area contributed by atoms with Gasteiger partial charge >= 0.3 is 0 Å². The van der Waals surface area contributed by atoms with Gasteiger partial charge in [-0.2, -0.15) is 0 Å². The summed E-state index contributed by atoms with van der Waals surface area (Å²) in [6, 6.07) is 3.21. The number of hydrogen-bond acceptors (Lipinski definition) is 4. The van der Waals surface area contributed by atoms with E-state index in [1.54, 1.807) is 0 Å². The van der Waals surface area contributed by atoms with Gasteiger partial charge in [-0.3, -0.25) is 0 Å². The molecule has 1 atom stereocenters. The number of halogens is 1. The van der Waals surface area contributed by atoms with Gasteiger partial charge in [-0.1, -0.05) is 0 Å². The second-order valence-corrected chi connectivity index (χ2v) is 6.76. The lowest BCUT2D eigenvalue weighted by Gasteiger charge is -2.28. The van der Waals surface area contributed by atoms with Crippen molar-refractivity contribution < 1.29 is 17.5 Å². The van der Waals surface area contributed by atoms with E-state index in [1.165, 1.54) is 6.07 Å². The van der Waals surface area contributed by atoms with E-state index in [2.05, 4.69) is 4.72 Å². The monoisotopic (exact) mass is 302 g/mol. The summed E-state index contributed by atoms with van der Waals surface area (Å²) < 4.78 is 45.4. The molecule has 1 aliphatic rings. The number of benzene rings is 1. The standard InChI is InChI=1S/C13H19FN2O3S/c1-9(10-4-6-19-7-5-10)16-20(17,18)11-2-3-12(14)13(15)8-11/h2-3,8-10,16H,4-7,15H2,1H3. The van der Waals surface area contributed by atoms with Crippen LogP contribution >= 0.6 is 0 Å². The molecule has 3 N–H and O–H groups in total. The summed E-state index contributed by atoms with van der Waals surface area (Å²) in [5, 5.41) is 0. The Balaban J connectivity index is 2.11. The lowest BCUT2D eigenvalue weighted by atomic mass is 9.94. The van der Waals surface area contributed by atoms with Crippen LogP contribution in [0.25, 0.3) is 0 Å². The summed E-state index contributed by atoms with van der Waals surface area (Å²) in [5.74, 6) is -0.377. The second-order valence-electron chi connectivity index (χ2n) is 5.04. The Morgan fingerprint density at radius 1 is 1.40 bits per heavy atom. The summed E-state index contributed by atoms with van der Waals surface area (Å²) in [6.45, 7) is 3.14. The minimum Gasteiger partial charge on any atom is -0.396 e. The molecule has 1 unspecified atom stereocenters. The van der Waals surface area contributed by atoms with Gasteiger partial charge in [0.25, 0.3) is 0 Å². The van der Waals surface area contributed by atoms with Gasteiger partial charge in [-0.25, -0.2) is 17.5 Å². The van der Waals surface area contributed by atoms with Gasteiger partial charge in [-0.05, 0) is 43.9 Å². The summed E-state index contributed by atoms with van der Waals surface area (Å²) in [5.41, 5.74) is 5.23. The predicted octanol–water partition coefficient (Wildman–Crippen LogP) is 1.50. The normalized spacial score (nSPS) is 18.9. The maximum atomic E-state index is 13.1. The zero-order valence-corrected chi connectivity index (χ0v) is 12.1. The summed E-state index contributed by atoms with van der Waals surface area (Å²) in [7, 11) is -3.69.